The number of methoxy groups -OCH3 is 1. The zero-order valence-electron chi connectivity index (χ0n) is 18.6. The Labute approximate surface area is 189 Å². The van der Waals surface area contributed by atoms with E-state index in [0.29, 0.717) is 31.7 Å². The van der Waals surface area contributed by atoms with Crippen LogP contribution in [0.4, 0.5) is 13.6 Å². The number of nitrogens with zero attached hydrogens (tertiary/aromatic N) is 1. The van der Waals surface area contributed by atoms with Gasteiger partial charge in [0.05, 0.1) is 37.6 Å². The van der Waals surface area contributed by atoms with Gasteiger partial charge in [0.1, 0.15) is 11.6 Å². The van der Waals surface area contributed by atoms with Crippen LogP contribution in [0.5, 0.6) is 0 Å². The summed E-state index contributed by atoms with van der Waals surface area (Å²) in [6.07, 6.45) is -0.504. The van der Waals surface area contributed by atoms with Gasteiger partial charge in [-0.1, -0.05) is 12.1 Å². The summed E-state index contributed by atoms with van der Waals surface area (Å²) in [4.78, 5) is 28.5. The second kappa shape index (κ2) is 9.19. The Hall–Kier alpha value is -3.46. The largest absolute Gasteiger partial charge is 0.453 e. The van der Waals surface area contributed by atoms with E-state index in [9.17, 15) is 9.59 Å². The number of amides is 2. The van der Waals surface area contributed by atoms with Crippen molar-refractivity contribution >= 4 is 22.9 Å². The number of ether oxygens (including phenoxy) is 2. The predicted molar refractivity (Wildman–Crippen MR) is 119 cm³/mol. The number of rotatable bonds is 4. The standard InChI is InChI=1S/C24H25F2N3O4/c1-13-4-5-16-17(11-15-12-29(6-7-33-15)24(31)32-3)22(28-20(16)8-13)21-18(25)9-14(10-19(21)26)23(30)27-2/h4-5,8-10,15,28H,6-7,11-12H2,1-3H3,(H,27,30). The lowest BCUT2D eigenvalue weighted by atomic mass is 9.97. The van der Waals surface area contributed by atoms with Crippen LogP contribution in [0.1, 0.15) is 21.5 Å². The fraction of sp³-hybridized carbons (Fsp3) is 0.333. The predicted octanol–water partition coefficient (Wildman–Crippen LogP) is 3.79. The summed E-state index contributed by atoms with van der Waals surface area (Å²) in [6.45, 7) is 2.97. The first-order chi connectivity index (χ1) is 15.8. The fourth-order valence-corrected chi connectivity index (χ4v) is 4.25. The molecular weight excluding hydrogens is 432 g/mol. The molecule has 2 amide bonds. The van der Waals surface area contributed by atoms with Gasteiger partial charge in [-0.2, -0.15) is 0 Å². The quantitative estimate of drug-likeness (QED) is 0.625. The van der Waals surface area contributed by atoms with Crippen LogP contribution >= 0.6 is 0 Å². The van der Waals surface area contributed by atoms with Gasteiger partial charge in [0, 0.05) is 36.5 Å². The minimum atomic E-state index is -0.848. The number of aromatic amines is 1. The topological polar surface area (TPSA) is 83.7 Å². The summed E-state index contributed by atoms with van der Waals surface area (Å²) in [5, 5.41) is 3.18. The number of H-pyrrole nitrogens is 1. The van der Waals surface area contributed by atoms with E-state index in [4.69, 9.17) is 9.47 Å². The smallest absolute Gasteiger partial charge is 0.409 e. The fourth-order valence-electron chi connectivity index (χ4n) is 4.25. The third-order valence-electron chi connectivity index (χ3n) is 5.85. The highest BCUT2D eigenvalue weighted by atomic mass is 19.1. The molecule has 4 rings (SSSR count). The third-order valence-corrected chi connectivity index (χ3v) is 5.85. The molecule has 1 aliphatic heterocycles. The van der Waals surface area contributed by atoms with Gasteiger partial charge in [0.15, 0.2) is 0 Å². The summed E-state index contributed by atoms with van der Waals surface area (Å²) in [7, 11) is 2.72. The van der Waals surface area contributed by atoms with E-state index < -0.39 is 23.6 Å². The van der Waals surface area contributed by atoms with Gasteiger partial charge >= 0.3 is 6.09 Å². The van der Waals surface area contributed by atoms with E-state index in [-0.39, 0.29) is 22.9 Å². The molecule has 3 aromatic rings. The second-order valence-electron chi connectivity index (χ2n) is 8.03. The highest BCUT2D eigenvalue weighted by Crippen LogP contribution is 2.36. The molecule has 33 heavy (non-hydrogen) atoms. The minimum Gasteiger partial charge on any atom is -0.453 e. The van der Waals surface area contributed by atoms with Crippen molar-refractivity contribution in [3.05, 3.63) is 58.7 Å². The molecule has 1 unspecified atom stereocenters. The molecule has 9 heteroatoms. The first kappa shape index (κ1) is 22.7. The summed E-state index contributed by atoms with van der Waals surface area (Å²) >= 11 is 0. The van der Waals surface area contributed by atoms with Crippen LogP contribution in [-0.2, 0) is 15.9 Å². The number of hydrogen-bond donors (Lipinski definition) is 2. The van der Waals surface area contributed by atoms with Crippen molar-refractivity contribution in [1.29, 1.82) is 0 Å². The van der Waals surface area contributed by atoms with Gasteiger partial charge < -0.3 is 24.7 Å². The van der Waals surface area contributed by atoms with Crippen LogP contribution in [0.3, 0.4) is 0 Å². The third kappa shape index (κ3) is 4.41. The van der Waals surface area contributed by atoms with E-state index in [0.717, 1.165) is 28.6 Å². The molecule has 1 saturated heterocycles. The molecule has 1 aliphatic rings. The molecule has 0 radical (unpaired) electrons. The number of carbonyl (C=O) groups is 2. The van der Waals surface area contributed by atoms with Crippen molar-refractivity contribution < 1.29 is 27.8 Å². The number of halogens is 2. The van der Waals surface area contributed by atoms with Crippen molar-refractivity contribution in [3.63, 3.8) is 0 Å². The summed E-state index contributed by atoms with van der Waals surface area (Å²) < 4.78 is 40.9. The van der Waals surface area contributed by atoms with E-state index in [2.05, 4.69) is 10.3 Å². The first-order valence-corrected chi connectivity index (χ1v) is 10.6. The molecule has 7 nitrogen and oxygen atoms in total. The van der Waals surface area contributed by atoms with Crippen LogP contribution in [0.15, 0.2) is 30.3 Å². The molecule has 0 bridgehead atoms. The van der Waals surface area contributed by atoms with Crippen molar-refractivity contribution in [2.24, 2.45) is 0 Å². The van der Waals surface area contributed by atoms with Crippen LogP contribution in [0.2, 0.25) is 0 Å². The number of morpholine rings is 1. The molecule has 174 valence electrons. The van der Waals surface area contributed by atoms with E-state index in [1.165, 1.54) is 14.2 Å². The zero-order valence-corrected chi connectivity index (χ0v) is 18.6. The monoisotopic (exact) mass is 457 g/mol. The molecule has 1 atom stereocenters. The SMILES string of the molecule is CNC(=O)c1cc(F)c(-c2[nH]c3cc(C)ccc3c2CC2CN(C(=O)OC)CCO2)c(F)c1. The number of aromatic nitrogens is 1. The van der Waals surface area contributed by atoms with Crippen LogP contribution in [0, 0.1) is 18.6 Å². The summed E-state index contributed by atoms with van der Waals surface area (Å²) in [6, 6.07) is 7.77. The van der Waals surface area contributed by atoms with Crippen molar-refractivity contribution in [2.75, 3.05) is 33.9 Å². The minimum absolute atomic E-state index is 0.103. The Bertz CT molecular complexity index is 1200. The number of nitrogens with one attached hydrogen (secondary N) is 2. The van der Waals surface area contributed by atoms with E-state index >= 15 is 8.78 Å². The summed E-state index contributed by atoms with van der Waals surface area (Å²) in [5.41, 5.74) is 2.33. The number of carbonyl (C=O) groups excluding carboxylic acids is 2. The lowest BCUT2D eigenvalue weighted by molar-refractivity contribution is -0.0235. The van der Waals surface area contributed by atoms with Crippen molar-refractivity contribution in [3.8, 4) is 11.3 Å². The van der Waals surface area contributed by atoms with Crippen molar-refractivity contribution in [1.82, 2.24) is 15.2 Å². The lowest BCUT2D eigenvalue weighted by Gasteiger charge is -2.32. The average molecular weight is 457 g/mol. The maximum absolute atomic E-state index is 15.1. The number of benzene rings is 2. The van der Waals surface area contributed by atoms with Gasteiger partial charge in [-0.15, -0.1) is 0 Å². The molecule has 2 N–H and O–H groups in total. The first-order valence-electron chi connectivity index (χ1n) is 10.6. The Balaban J connectivity index is 1.79. The van der Waals surface area contributed by atoms with Gasteiger partial charge in [-0.3, -0.25) is 4.79 Å². The molecule has 2 aromatic carbocycles. The van der Waals surface area contributed by atoms with Crippen LogP contribution in [0.25, 0.3) is 22.2 Å². The second-order valence-corrected chi connectivity index (χ2v) is 8.03. The van der Waals surface area contributed by atoms with E-state index in [1.54, 1.807) is 4.90 Å². The molecule has 0 aliphatic carbocycles. The highest BCUT2D eigenvalue weighted by molar-refractivity contribution is 5.95. The Kier molecular flexibility index (Phi) is 6.33. The zero-order chi connectivity index (χ0) is 23.7. The maximum Gasteiger partial charge on any atom is 0.409 e. The van der Waals surface area contributed by atoms with Gasteiger partial charge in [-0.05, 0) is 36.2 Å². The van der Waals surface area contributed by atoms with Crippen LogP contribution < -0.4 is 5.32 Å². The molecule has 0 spiro atoms. The Morgan fingerprint density at radius 2 is 1.97 bits per heavy atom. The molecule has 1 fully saturated rings. The van der Waals surface area contributed by atoms with Gasteiger partial charge in [-0.25, -0.2) is 13.6 Å². The van der Waals surface area contributed by atoms with E-state index in [1.807, 2.05) is 25.1 Å². The summed E-state index contributed by atoms with van der Waals surface area (Å²) in [5.74, 6) is -2.27. The molecule has 1 aromatic heterocycles. The van der Waals surface area contributed by atoms with Crippen molar-refractivity contribution in [2.45, 2.75) is 19.4 Å². The normalized spacial score (nSPS) is 16.2. The lowest BCUT2D eigenvalue weighted by Crippen LogP contribution is -2.46. The molecular formula is C24H25F2N3O4. The Morgan fingerprint density at radius 3 is 2.64 bits per heavy atom. The average Bonchev–Trinajstić information content (AvgIpc) is 3.14. The van der Waals surface area contributed by atoms with Gasteiger partial charge in [0.2, 0.25) is 0 Å². The maximum atomic E-state index is 15.1. The number of fused-ring (bicyclic) bond motifs is 1. The van der Waals surface area contributed by atoms with Crippen LogP contribution in [-0.4, -0.2) is 61.8 Å². The molecule has 0 saturated carbocycles. The van der Waals surface area contributed by atoms with Gasteiger partial charge in [0.25, 0.3) is 5.91 Å². The number of hydrogen-bond acceptors (Lipinski definition) is 4. The number of aryl methyl sites for hydroxylation is 1. The Morgan fingerprint density at radius 1 is 1.24 bits per heavy atom. The molecule has 2 heterocycles. The highest BCUT2D eigenvalue weighted by Gasteiger charge is 2.28.